The number of carbonyl (C=O) groups is 2. The van der Waals surface area contributed by atoms with Crippen LogP contribution in [0.5, 0.6) is 5.75 Å². The number of esters is 1. The van der Waals surface area contributed by atoms with Gasteiger partial charge in [-0.25, -0.2) is 4.98 Å². The topological polar surface area (TPSA) is 101 Å². The van der Waals surface area contributed by atoms with Crippen molar-refractivity contribution < 1.29 is 19.4 Å². The lowest BCUT2D eigenvalue weighted by Gasteiger charge is -2.09. The molecule has 0 spiro atoms. The summed E-state index contributed by atoms with van der Waals surface area (Å²) in [5.74, 6) is -1.38. The molecule has 2 rings (SSSR count). The molecule has 0 bridgehead atoms. The minimum Gasteiger partial charge on any atom is -0.507 e. The summed E-state index contributed by atoms with van der Waals surface area (Å²) < 4.78 is 4.72. The van der Waals surface area contributed by atoms with E-state index in [4.69, 9.17) is 4.74 Å². The zero-order valence-corrected chi connectivity index (χ0v) is 11.7. The van der Waals surface area contributed by atoms with Gasteiger partial charge in [0.05, 0.1) is 17.8 Å². The van der Waals surface area contributed by atoms with Gasteiger partial charge in [0.2, 0.25) is 0 Å². The highest BCUT2D eigenvalue weighted by Gasteiger charge is 2.18. The van der Waals surface area contributed by atoms with Crippen molar-refractivity contribution in [1.29, 1.82) is 0 Å². The molecule has 1 amide bonds. The second-order valence-corrected chi connectivity index (χ2v) is 4.33. The fraction of sp³-hybridized carbons (Fsp3) is 0.286. The zero-order chi connectivity index (χ0) is 15.4. The minimum atomic E-state index is -0.607. The Bertz CT molecular complexity index is 700. The van der Waals surface area contributed by atoms with Gasteiger partial charge in [-0.15, -0.1) is 0 Å². The number of rotatable bonds is 4. The molecule has 0 saturated heterocycles. The van der Waals surface area contributed by atoms with Gasteiger partial charge in [-0.2, -0.15) is 0 Å². The van der Waals surface area contributed by atoms with Crippen molar-refractivity contribution in [3.8, 4) is 5.75 Å². The van der Waals surface area contributed by atoms with Crippen LogP contribution in [0.25, 0.3) is 11.0 Å². The van der Waals surface area contributed by atoms with Crippen LogP contribution in [0, 0.1) is 6.92 Å². The molecule has 21 heavy (non-hydrogen) atoms. The molecular formula is C14H15N3O4. The Kier molecular flexibility index (Phi) is 4.32. The summed E-state index contributed by atoms with van der Waals surface area (Å²) in [5.41, 5.74) is 1.46. The number of hydrogen-bond donors (Lipinski definition) is 2. The van der Waals surface area contributed by atoms with Gasteiger partial charge in [-0.3, -0.25) is 14.6 Å². The third kappa shape index (κ3) is 3.25. The lowest BCUT2D eigenvalue weighted by molar-refractivity contribution is -0.141. The molecule has 0 atom stereocenters. The van der Waals surface area contributed by atoms with Crippen molar-refractivity contribution in [3.63, 3.8) is 0 Å². The van der Waals surface area contributed by atoms with Gasteiger partial charge >= 0.3 is 5.97 Å². The van der Waals surface area contributed by atoms with Crippen molar-refractivity contribution in [2.75, 3.05) is 13.2 Å². The molecule has 1 aromatic heterocycles. The van der Waals surface area contributed by atoms with Crippen molar-refractivity contribution >= 4 is 22.9 Å². The van der Waals surface area contributed by atoms with Gasteiger partial charge in [-0.05, 0) is 26.0 Å². The van der Waals surface area contributed by atoms with Gasteiger partial charge < -0.3 is 15.2 Å². The standard InChI is InChI=1S/C14H15N3O4/c1-3-21-11(19)7-16-14(20)12-10(18)5-4-9-13(12)15-6-8(2)17-9/h4-6,18H,3,7H2,1-2H3,(H,16,20). The third-order valence-corrected chi connectivity index (χ3v) is 2.74. The Hall–Kier alpha value is -2.70. The second-order valence-electron chi connectivity index (χ2n) is 4.33. The third-order valence-electron chi connectivity index (χ3n) is 2.74. The minimum absolute atomic E-state index is 0.00991. The fourth-order valence-corrected chi connectivity index (χ4v) is 1.84. The molecule has 2 aromatic rings. The zero-order valence-electron chi connectivity index (χ0n) is 11.7. The van der Waals surface area contributed by atoms with Crippen molar-refractivity contribution in [3.05, 3.63) is 29.6 Å². The molecule has 0 saturated carbocycles. The number of amides is 1. The molecule has 0 aliphatic heterocycles. The highest BCUT2D eigenvalue weighted by atomic mass is 16.5. The Morgan fingerprint density at radius 2 is 2.14 bits per heavy atom. The van der Waals surface area contributed by atoms with Crippen molar-refractivity contribution in [2.45, 2.75) is 13.8 Å². The maximum absolute atomic E-state index is 12.1. The molecule has 0 radical (unpaired) electrons. The monoisotopic (exact) mass is 289 g/mol. The van der Waals surface area contributed by atoms with E-state index in [0.29, 0.717) is 11.2 Å². The maximum Gasteiger partial charge on any atom is 0.325 e. The van der Waals surface area contributed by atoms with Gasteiger partial charge in [-0.1, -0.05) is 0 Å². The van der Waals surface area contributed by atoms with Crippen LogP contribution < -0.4 is 5.32 Å². The first-order valence-electron chi connectivity index (χ1n) is 6.42. The van der Waals surface area contributed by atoms with Gasteiger partial charge in [0, 0.05) is 6.20 Å². The number of aromatic nitrogens is 2. The molecule has 1 aromatic carbocycles. The molecule has 0 unspecified atom stereocenters. The van der Waals surface area contributed by atoms with E-state index in [1.165, 1.54) is 12.3 Å². The number of aromatic hydroxyl groups is 1. The van der Waals surface area contributed by atoms with Gasteiger partial charge in [0.15, 0.2) is 0 Å². The predicted molar refractivity (Wildman–Crippen MR) is 74.9 cm³/mol. The average molecular weight is 289 g/mol. The summed E-state index contributed by atoms with van der Waals surface area (Å²) in [4.78, 5) is 31.7. The van der Waals surface area contributed by atoms with E-state index >= 15 is 0 Å². The molecule has 2 N–H and O–H groups in total. The molecule has 7 heteroatoms. The summed E-state index contributed by atoms with van der Waals surface area (Å²) >= 11 is 0. The van der Waals surface area contributed by atoms with Crippen LogP contribution in [0.1, 0.15) is 23.0 Å². The molecule has 7 nitrogen and oxygen atoms in total. The highest BCUT2D eigenvalue weighted by Crippen LogP contribution is 2.24. The van der Waals surface area contributed by atoms with E-state index in [9.17, 15) is 14.7 Å². The van der Waals surface area contributed by atoms with Gasteiger partial charge in [0.1, 0.15) is 23.4 Å². The molecule has 110 valence electrons. The maximum atomic E-state index is 12.1. The molecule has 1 heterocycles. The number of aryl methyl sites for hydroxylation is 1. The van der Waals surface area contributed by atoms with E-state index in [1.807, 2.05) is 0 Å². The summed E-state index contributed by atoms with van der Waals surface area (Å²) in [6, 6.07) is 2.95. The summed E-state index contributed by atoms with van der Waals surface area (Å²) in [7, 11) is 0. The molecular weight excluding hydrogens is 274 g/mol. The number of nitrogens with zero attached hydrogens (tertiary/aromatic N) is 2. The lowest BCUT2D eigenvalue weighted by Crippen LogP contribution is -2.31. The average Bonchev–Trinajstić information content (AvgIpc) is 2.45. The predicted octanol–water partition coefficient (Wildman–Crippen LogP) is 0.937. The van der Waals surface area contributed by atoms with Crippen molar-refractivity contribution in [1.82, 2.24) is 15.3 Å². The second kappa shape index (κ2) is 6.17. The summed E-state index contributed by atoms with van der Waals surface area (Å²) in [6.45, 7) is 3.41. The van der Waals surface area contributed by atoms with Crippen LogP contribution in [-0.2, 0) is 9.53 Å². The first kappa shape index (κ1) is 14.7. The Morgan fingerprint density at radius 1 is 1.38 bits per heavy atom. The normalized spacial score (nSPS) is 10.4. The van der Waals surface area contributed by atoms with E-state index in [0.717, 1.165) is 0 Å². The first-order chi connectivity index (χ1) is 10.0. The summed E-state index contributed by atoms with van der Waals surface area (Å²) in [6.07, 6.45) is 1.50. The van der Waals surface area contributed by atoms with Crippen LogP contribution >= 0.6 is 0 Å². The number of benzene rings is 1. The van der Waals surface area contributed by atoms with Crippen molar-refractivity contribution in [2.24, 2.45) is 0 Å². The number of phenols is 1. The molecule has 0 aliphatic rings. The number of hydrogen-bond acceptors (Lipinski definition) is 6. The van der Waals surface area contributed by atoms with E-state index in [-0.39, 0.29) is 30.0 Å². The lowest BCUT2D eigenvalue weighted by atomic mass is 10.1. The number of phenolic OH excluding ortho intramolecular Hbond substituents is 1. The van der Waals surface area contributed by atoms with Gasteiger partial charge in [0.25, 0.3) is 5.91 Å². The highest BCUT2D eigenvalue weighted by molar-refractivity contribution is 6.07. The van der Waals surface area contributed by atoms with Crippen LogP contribution in [0.2, 0.25) is 0 Å². The molecule has 0 aliphatic carbocycles. The number of nitrogens with one attached hydrogen (secondary N) is 1. The number of ether oxygens (including phenoxy) is 1. The van der Waals surface area contributed by atoms with E-state index in [2.05, 4.69) is 15.3 Å². The Morgan fingerprint density at radius 3 is 2.86 bits per heavy atom. The first-order valence-corrected chi connectivity index (χ1v) is 6.42. The van der Waals surface area contributed by atoms with Crippen LogP contribution in [-0.4, -0.2) is 40.1 Å². The van der Waals surface area contributed by atoms with Crippen LogP contribution in [0.15, 0.2) is 18.3 Å². The smallest absolute Gasteiger partial charge is 0.325 e. The summed E-state index contributed by atoms with van der Waals surface area (Å²) in [5, 5.41) is 12.3. The quantitative estimate of drug-likeness (QED) is 0.812. The SMILES string of the molecule is CCOC(=O)CNC(=O)c1c(O)ccc2nc(C)cnc12. The Balaban J connectivity index is 2.30. The largest absolute Gasteiger partial charge is 0.507 e. The number of carbonyl (C=O) groups excluding carboxylic acids is 2. The number of fused-ring (bicyclic) bond motifs is 1. The van der Waals surface area contributed by atoms with E-state index in [1.54, 1.807) is 19.9 Å². The fourth-order valence-electron chi connectivity index (χ4n) is 1.84. The van der Waals surface area contributed by atoms with Crippen LogP contribution in [0.3, 0.4) is 0 Å². The van der Waals surface area contributed by atoms with E-state index < -0.39 is 11.9 Å². The molecule has 0 fully saturated rings. The van der Waals surface area contributed by atoms with Crippen LogP contribution in [0.4, 0.5) is 0 Å². The Labute approximate surface area is 121 Å².